The summed E-state index contributed by atoms with van der Waals surface area (Å²) in [6.07, 6.45) is 1.71. The summed E-state index contributed by atoms with van der Waals surface area (Å²) in [5, 5.41) is -0.214. The first-order chi connectivity index (χ1) is 13.3. The van der Waals surface area contributed by atoms with E-state index in [0.29, 0.717) is 32.7 Å². The molecule has 0 bridgehead atoms. The second-order valence-corrected chi connectivity index (χ2v) is 10.4. The summed E-state index contributed by atoms with van der Waals surface area (Å²) in [6.45, 7) is 5.94. The Labute approximate surface area is 166 Å². The Balaban J connectivity index is 1.38. The topological polar surface area (TPSA) is 78.0 Å². The zero-order chi connectivity index (χ0) is 20.1. The minimum atomic E-state index is -3.19. The number of carbonyl (C=O) groups is 2. The van der Waals surface area contributed by atoms with Crippen LogP contribution in [0.1, 0.15) is 30.4 Å². The summed E-state index contributed by atoms with van der Waals surface area (Å²) in [4.78, 5) is 28.8. The Morgan fingerprint density at radius 3 is 2.32 bits per heavy atom. The number of aryl methyl sites for hydroxylation is 2. The maximum Gasteiger partial charge on any atom is 0.228 e. The van der Waals surface area contributed by atoms with Crippen LogP contribution in [-0.4, -0.2) is 67.4 Å². The lowest BCUT2D eigenvalue weighted by atomic mass is 10.1. The molecule has 0 spiro atoms. The number of piperazine rings is 1. The number of anilines is 1. The van der Waals surface area contributed by atoms with E-state index in [-0.39, 0.29) is 29.4 Å². The SMILES string of the molecule is Cc1ccc(N2CC(C(=O)N3CCN(S(=O)(=O)C4CC4)CC3)CC2=O)cc1C. The van der Waals surface area contributed by atoms with Gasteiger partial charge in [-0.1, -0.05) is 6.07 Å². The van der Waals surface area contributed by atoms with Gasteiger partial charge in [0.1, 0.15) is 0 Å². The Bertz CT molecular complexity index is 902. The second kappa shape index (κ2) is 7.15. The maximum atomic E-state index is 12.9. The van der Waals surface area contributed by atoms with Crippen LogP contribution in [0.5, 0.6) is 0 Å². The Hall–Kier alpha value is -1.93. The number of hydrogen-bond donors (Lipinski definition) is 0. The van der Waals surface area contributed by atoms with E-state index in [0.717, 1.165) is 24.1 Å². The molecule has 0 aromatic heterocycles. The predicted octanol–water partition coefficient (Wildman–Crippen LogP) is 1.29. The first-order valence-electron chi connectivity index (χ1n) is 9.93. The van der Waals surface area contributed by atoms with Crippen LogP contribution in [0.15, 0.2) is 18.2 Å². The van der Waals surface area contributed by atoms with Gasteiger partial charge in [0.2, 0.25) is 21.8 Å². The Morgan fingerprint density at radius 1 is 1.04 bits per heavy atom. The third kappa shape index (κ3) is 3.55. The largest absolute Gasteiger partial charge is 0.340 e. The molecule has 28 heavy (non-hydrogen) atoms. The molecular formula is C20H27N3O4S. The van der Waals surface area contributed by atoms with Crippen molar-refractivity contribution in [2.45, 2.75) is 38.4 Å². The molecule has 7 nitrogen and oxygen atoms in total. The molecule has 2 aliphatic heterocycles. The zero-order valence-electron chi connectivity index (χ0n) is 16.4. The highest BCUT2D eigenvalue weighted by molar-refractivity contribution is 7.90. The lowest BCUT2D eigenvalue weighted by Gasteiger charge is -2.35. The average Bonchev–Trinajstić information content (AvgIpc) is 3.47. The van der Waals surface area contributed by atoms with Gasteiger partial charge in [-0.2, -0.15) is 4.31 Å². The molecule has 2 amide bonds. The van der Waals surface area contributed by atoms with Gasteiger partial charge in [-0.3, -0.25) is 9.59 Å². The molecule has 1 saturated carbocycles. The van der Waals surface area contributed by atoms with Gasteiger partial charge < -0.3 is 9.80 Å². The van der Waals surface area contributed by atoms with Gasteiger partial charge in [-0.05, 0) is 49.9 Å². The molecule has 1 aromatic rings. The third-order valence-corrected chi connectivity index (χ3v) is 8.53. The molecular weight excluding hydrogens is 378 g/mol. The number of amides is 2. The first kappa shape index (κ1) is 19.4. The molecule has 1 unspecified atom stereocenters. The monoisotopic (exact) mass is 405 g/mol. The van der Waals surface area contributed by atoms with Crippen LogP contribution in [0.3, 0.4) is 0 Å². The number of rotatable bonds is 4. The first-order valence-corrected chi connectivity index (χ1v) is 11.4. The summed E-state index contributed by atoms with van der Waals surface area (Å²) in [7, 11) is -3.19. The van der Waals surface area contributed by atoms with E-state index in [4.69, 9.17) is 0 Å². The lowest BCUT2D eigenvalue weighted by Crippen LogP contribution is -2.52. The van der Waals surface area contributed by atoms with Crippen molar-refractivity contribution >= 4 is 27.5 Å². The molecule has 1 atom stereocenters. The summed E-state index contributed by atoms with van der Waals surface area (Å²) < 4.78 is 26.2. The second-order valence-electron chi connectivity index (χ2n) is 8.14. The molecule has 152 valence electrons. The predicted molar refractivity (Wildman–Crippen MR) is 106 cm³/mol. The van der Waals surface area contributed by atoms with Gasteiger partial charge >= 0.3 is 0 Å². The van der Waals surface area contributed by atoms with Gasteiger partial charge in [-0.15, -0.1) is 0 Å². The van der Waals surface area contributed by atoms with Gasteiger partial charge in [0.15, 0.2) is 0 Å². The highest BCUT2D eigenvalue weighted by Crippen LogP contribution is 2.32. The van der Waals surface area contributed by atoms with E-state index < -0.39 is 10.0 Å². The van der Waals surface area contributed by atoms with Crippen molar-refractivity contribution in [1.29, 1.82) is 0 Å². The maximum absolute atomic E-state index is 12.9. The molecule has 2 heterocycles. The minimum Gasteiger partial charge on any atom is -0.340 e. The van der Waals surface area contributed by atoms with Crippen LogP contribution in [0, 0.1) is 19.8 Å². The highest BCUT2D eigenvalue weighted by Gasteiger charge is 2.43. The molecule has 1 aliphatic carbocycles. The molecule has 0 N–H and O–H groups in total. The van der Waals surface area contributed by atoms with Crippen LogP contribution in [0.25, 0.3) is 0 Å². The van der Waals surface area contributed by atoms with Gasteiger partial charge in [-0.25, -0.2) is 8.42 Å². The molecule has 3 fully saturated rings. The number of nitrogens with zero attached hydrogens (tertiary/aromatic N) is 3. The number of sulfonamides is 1. The molecule has 3 aliphatic rings. The van der Waals surface area contributed by atoms with Gasteiger partial charge in [0.05, 0.1) is 11.2 Å². The Morgan fingerprint density at radius 2 is 1.71 bits per heavy atom. The van der Waals surface area contributed by atoms with Gasteiger partial charge in [0, 0.05) is 44.8 Å². The van der Waals surface area contributed by atoms with E-state index in [1.165, 1.54) is 9.87 Å². The van der Waals surface area contributed by atoms with Crippen LogP contribution >= 0.6 is 0 Å². The quantitative estimate of drug-likeness (QED) is 0.756. The summed E-state index contributed by atoms with van der Waals surface area (Å²) in [6, 6.07) is 5.91. The van der Waals surface area contributed by atoms with Crippen molar-refractivity contribution in [3.63, 3.8) is 0 Å². The van der Waals surface area contributed by atoms with Gasteiger partial charge in [0.25, 0.3) is 0 Å². The number of carbonyl (C=O) groups excluding carboxylic acids is 2. The van der Waals surface area contributed by atoms with Crippen LogP contribution < -0.4 is 4.90 Å². The van der Waals surface area contributed by atoms with Crippen LogP contribution in [0.4, 0.5) is 5.69 Å². The summed E-state index contributed by atoms with van der Waals surface area (Å²) >= 11 is 0. The molecule has 1 aromatic carbocycles. The van der Waals surface area contributed by atoms with E-state index in [2.05, 4.69) is 0 Å². The fourth-order valence-electron chi connectivity index (χ4n) is 4.01. The smallest absolute Gasteiger partial charge is 0.228 e. The van der Waals surface area contributed by atoms with E-state index in [1.807, 2.05) is 32.0 Å². The van der Waals surface area contributed by atoms with E-state index >= 15 is 0 Å². The van der Waals surface area contributed by atoms with Crippen molar-refractivity contribution in [1.82, 2.24) is 9.21 Å². The molecule has 0 radical (unpaired) electrons. The summed E-state index contributed by atoms with van der Waals surface area (Å²) in [5.41, 5.74) is 3.12. The lowest BCUT2D eigenvalue weighted by molar-refractivity contribution is -0.136. The van der Waals surface area contributed by atoms with Crippen LogP contribution in [0.2, 0.25) is 0 Å². The fourth-order valence-corrected chi connectivity index (χ4v) is 5.84. The number of hydrogen-bond acceptors (Lipinski definition) is 4. The number of benzene rings is 1. The molecule has 4 rings (SSSR count). The molecule has 8 heteroatoms. The summed E-state index contributed by atoms with van der Waals surface area (Å²) in [5.74, 6) is -0.430. The fraction of sp³-hybridized carbons (Fsp3) is 0.600. The molecule has 2 saturated heterocycles. The highest BCUT2D eigenvalue weighted by atomic mass is 32.2. The normalized spacial score (nSPS) is 24.1. The van der Waals surface area contributed by atoms with Crippen molar-refractivity contribution < 1.29 is 18.0 Å². The average molecular weight is 406 g/mol. The minimum absolute atomic E-state index is 0.0310. The van der Waals surface area contributed by atoms with Crippen molar-refractivity contribution in [2.24, 2.45) is 5.92 Å². The van der Waals surface area contributed by atoms with E-state index in [9.17, 15) is 18.0 Å². The Kier molecular flexibility index (Phi) is 4.95. The van der Waals surface area contributed by atoms with E-state index in [1.54, 1.807) is 9.80 Å². The zero-order valence-corrected chi connectivity index (χ0v) is 17.2. The van der Waals surface area contributed by atoms with Crippen molar-refractivity contribution in [3.8, 4) is 0 Å². The van der Waals surface area contributed by atoms with Crippen LogP contribution in [-0.2, 0) is 19.6 Å². The third-order valence-electron chi connectivity index (χ3n) is 6.13. The standard InChI is InChI=1S/C20H27N3O4S/c1-14-3-4-17(11-15(14)2)23-13-16(12-19(23)24)20(25)21-7-9-22(10-8-21)28(26,27)18-5-6-18/h3-4,11,16,18H,5-10,12-13H2,1-2H3. The van der Waals surface area contributed by atoms with Crippen molar-refractivity contribution in [2.75, 3.05) is 37.6 Å². The van der Waals surface area contributed by atoms with Crippen molar-refractivity contribution in [3.05, 3.63) is 29.3 Å².